The Morgan fingerprint density at radius 2 is 2.43 bits per heavy atom. The third-order valence-corrected chi connectivity index (χ3v) is 3.35. The Morgan fingerprint density at radius 1 is 1.71 bits per heavy atom. The zero-order chi connectivity index (χ0) is 10.6. The summed E-state index contributed by atoms with van der Waals surface area (Å²) in [5.41, 5.74) is 1.08. The van der Waals surface area contributed by atoms with Crippen molar-refractivity contribution in [2.24, 2.45) is 0 Å². The third-order valence-electron chi connectivity index (χ3n) is 1.48. The van der Waals surface area contributed by atoms with Gasteiger partial charge in [0, 0.05) is 11.6 Å². The molecule has 0 aromatic carbocycles. The van der Waals surface area contributed by atoms with E-state index < -0.39 is 0 Å². The molecular formula is C8H8IN2O2P. The predicted molar refractivity (Wildman–Crippen MR) is 65.9 cm³/mol. The van der Waals surface area contributed by atoms with E-state index in [1.54, 1.807) is 19.2 Å². The second-order valence-corrected chi connectivity index (χ2v) is 4.67. The summed E-state index contributed by atoms with van der Waals surface area (Å²) >= 11 is 2.08. The molecule has 14 heavy (non-hydrogen) atoms. The van der Waals surface area contributed by atoms with Crippen LogP contribution in [0.2, 0.25) is 0 Å². The van der Waals surface area contributed by atoms with Gasteiger partial charge in [0.05, 0.1) is 12.6 Å². The van der Waals surface area contributed by atoms with Crippen molar-refractivity contribution in [3.8, 4) is 0 Å². The maximum atomic E-state index is 11.3. The van der Waals surface area contributed by atoms with E-state index >= 15 is 0 Å². The second-order valence-electron chi connectivity index (χ2n) is 2.63. The van der Waals surface area contributed by atoms with Crippen molar-refractivity contribution in [2.75, 3.05) is 0 Å². The van der Waals surface area contributed by atoms with Crippen LogP contribution < -0.4 is 5.56 Å². The molecule has 0 aliphatic carbocycles. The summed E-state index contributed by atoms with van der Waals surface area (Å²) in [7, 11) is 0. The van der Waals surface area contributed by atoms with Crippen LogP contribution >= 0.6 is 28.4 Å². The van der Waals surface area contributed by atoms with E-state index in [1.807, 2.05) is 0 Å². The number of aldehydes is 1. The van der Waals surface area contributed by atoms with Gasteiger partial charge in [0.2, 0.25) is 0 Å². The van der Waals surface area contributed by atoms with E-state index in [4.69, 9.17) is 0 Å². The first kappa shape index (κ1) is 11.5. The molecule has 1 heterocycles. The average molecular weight is 322 g/mol. The Balaban J connectivity index is 3.09. The number of hydrogen-bond donors (Lipinski definition) is 0. The first-order valence-corrected chi connectivity index (χ1v) is 7.83. The van der Waals surface area contributed by atoms with E-state index in [9.17, 15) is 9.59 Å². The summed E-state index contributed by atoms with van der Waals surface area (Å²) in [4.78, 5) is 21.7. The van der Waals surface area contributed by atoms with Gasteiger partial charge in [-0.25, -0.2) is 4.45 Å². The van der Waals surface area contributed by atoms with Crippen LogP contribution in [0.4, 0.5) is 0 Å². The van der Waals surface area contributed by atoms with Crippen molar-refractivity contribution in [1.82, 2.24) is 9.55 Å². The van der Waals surface area contributed by atoms with Gasteiger partial charge in [-0.1, -0.05) is 0 Å². The molecule has 1 aromatic heterocycles. The minimum absolute atomic E-state index is 0.148. The van der Waals surface area contributed by atoms with Gasteiger partial charge in [-0.2, -0.15) is 5.10 Å². The van der Waals surface area contributed by atoms with Crippen LogP contribution in [0.25, 0.3) is 6.08 Å². The van der Waals surface area contributed by atoms with Crippen molar-refractivity contribution in [3.63, 3.8) is 0 Å². The molecule has 0 aliphatic rings. The maximum Gasteiger partial charge on any atom is 0.271 e. The molecule has 0 saturated heterocycles. The third kappa shape index (κ3) is 2.99. The van der Waals surface area contributed by atoms with Gasteiger partial charge in [0.25, 0.3) is 5.56 Å². The molecule has 0 spiro atoms. The highest BCUT2D eigenvalue weighted by molar-refractivity contribution is 14.2. The largest absolute Gasteiger partial charge is 0.298 e. The summed E-state index contributed by atoms with van der Waals surface area (Å²) in [5, 5.41) is 3.93. The fraction of sp³-hybridized carbons (Fsp3) is 0.125. The SMILES string of the molecule is C/C(C=O)=C\c1cnn(PI)c(=O)c1. The van der Waals surface area contributed by atoms with Gasteiger partial charge >= 0.3 is 0 Å². The Hall–Kier alpha value is -0.550. The standard InChI is InChI=1S/C8H8IN2O2P/c1-6(5-12)2-7-3-8(13)11(14-9)10-4-7/h2-5,14H,1H3/b6-2+. The van der Waals surface area contributed by atoms with Gasteiger partial charge in [0.15, 0.2) is 0 Å². The lowest BCUT2D eigenvalue weighted by Crippen LogP contribution is -2.14. The van der Waals surface area contributed by atoms with Gasteiger partial charge in [-0.05, 0) is 40.6 Å². The fourth-order valence-corrected chi connectivity index (χ4v) is 2.20. The number of carbonyl (C=O) groups excluding carboxylic acids is 1. The van der Waals surface area contributed by atoms with E-state index in [-0.39, 0.29) is 5.56 Å². The number of carbonyl (C=O) groups is 1. The molecule has 0 radical (unpaired) electrons. The lowest BCUT2D eigenvalue weighted by atomic mass is 10.2. The van der Waals surface area contributed by atoms with Gasteiger partial charge in [0.1, 0.15) is 6.29 Å². The van der Waals surface area contributed by atoms with E-state index in [0.29, 0.717) is 17.5 Å². The summed E-state index contributed by atoms with van der Waals surface area (Å²) in [6, 6.07) is 1.46. The van der Waals surface area contributed by atoms with Crippen LogP contribution in [0.15, 0.2) is 22.6 Å². The summed E-state index contributed by atoms with van der Waals surface area (Å²) in [6.45, 7) is 1.68. The molecule has 1 rings (SSSR count). The number of aromatic nitrogens is 2. The zero-order valence-corrected chi connectivity index (χ0v) is 10.6. The highest BCUT2D eigenvalue weighted by Gasteiger charge is 1.96. The lowest BCUT2D eigenvalue weighted by molar-refractivity contribution is -0.104. The van der Waals surface area contributed by atoms with Crippen LogP contribution in [-0.2, 0) is 4.79 Å². The average Bonchev–Trinajstić information content (AvgIpc) is 2.18. The number of allylic oxidation sites excluding steroid dienone is 1. The van der Waals surface area contributed by atoms with Crippen LogP contribution in [0.5, 0.6) is 0 Å². The van der Waals surface area contributed by atoms with Crippen molar-refractivity contribution in [2.45, 2.75) is 6.92 Å². The molecule has 0 amide bonds. The van der Waals surface area contributed by atoms with Crippen molar-refractivity contribution >= 4 is 40.8 Å². The van der Waals surface area contributed by atoms with Crippen LogP contribution in [-0.4, -0.2) is 15.8 Å². The molecular weight excluding hydrogens is 314 g/mol. The molecule has 0 N–H and O–H groups in total. The molecule has 1 atom stereocenters. The Morgan fingerprint density at radius 3 is 2.93 bits per heavy atom. The summed E-state index contributed by atoms with van der Waals surface area (Å²) in [6.07, 6.45) is 4.23. The fourth-order valence-electron chi connectivity index (χ4n) is 0.862. The van der Waals surface area contributed by atoms with E-state index in [1.165, 1.54) is 10.5 Å². The van der Waals surface area contributed by atoms with Crippen molar-refractivity contribution in [3.05, 3.63) is 33.8 Å². The highest BCUT2D eigenvalue weighted by Crippen LogP contribution is 2.18. The second kappa shape index (κ2) is 5.36. The Bertz CT molecular complexity index is 428. The van der Waals surface area contributed by atoms with Crippen LogP contribution in [0.1, 0.15) is 12.5 Å². The number of hydrogen-bond acceptors (Lipinski definition) is 3. The van der Waals surface area contributed by atoms with Gasteiger partial charge < -0.3 is 0 Å². The quantitative estimate of drug-likeness (QED) is 0.368. The zero-order valence-electron chi connectivity index (χ0n) is 7.40. The van der Waals surface area contributed by atoms with Crippen molar-refractivity contribution in [1.29, 1.82) is 0 Å². The van der Waals surface area contributed by atoms with Gasteiger partial charge in [-0.15, -0.1) is 0 Å². The molecule has 0 fully saturated rings. The molecule has 1 aromatic rings. The molecule has 4 nitrogen and oxygen atoms in total. The topological polar surface area (TPSA) is 52.0 Å². The minimum atomic E-state index is -0.148. The van der Waals surface area contributed by atoms with E-state index in [0.717, 1.165) is 6.29 Å². The first-order chi connectivity index (χ1) is 6.67. The predicted octanol–water partition coefficient (Wildman–Crippen LogP) is 1.64. The number of rotatable bonds is 3. The number of nitrogens with zero attached hydrogens (tertiary/aromatic N) is 2. The van der Waals surface area contributed by atoms with Crippen LogP contribution in [0.3, 0.4) is 0 Å². The smallest absolute Gasteiger partial charge is 0.271 e. The minimum Gasteiger partial charge on any atom is -0.298 e. The highest BCUT2D eigenvalue weighted by atomic mass is 127. The van der Waals surface area contributed by atoms with Crippen LogP contribution in [0, 0.1) is 0 Å². The van der Waals surface area contributed by atoms with E-state index in [2.05, 4.69) is 27.1 Å². The Labute approximate surface area is 95.7 Å². The molecule has 74 valence electrons. The molecule has 0 aliphatic heterocycles. The summed E-state index contributed by atoms with van der Waals surface area (Å²) < 4.78 is 1.37. The molecule has 0 saturated carbocycles. The summed E-state index contributed by atoms with van der Waals surface area (Å²) in [5.74, 6) is 0. The molecule has 0 bridgehead atoms. The normalized spacial score (nSPS) is 12.3. The maximum absolute atomic E-state index is 11.3. The lowest BCUT2D eigenvalue weighted by Gasteiger charge is -1.98. The Kier molecular flexibility index (Phi) is 4.41. The first-order valence-electron chi connectivity index (χ1n) is 3.77. The van der Waals surface area contributed by atoms with Gasteiger partial charge in [-0.3, -0.25) is 9.59 Å². The monoisotopic (exact) mass is 322 g/mol. The number of halogens is 1. The van der Waals surface area contributed by atoms with Crippen molar-refractivity contribution < 1.29 is 4.79 Å². The molecule has 1 unspecified atom stereocenters. The molecule has 6 heteroatoms.